The van der Waals surface area contributed by atoms with Crippen molar-refractivity contribution in [3.63, 3.8) is 0 Å². The third-order valence-electron chi connectivity index (χ3n) is 5.51. The Kier molecular flexibility index (Phi) is 4.27. The molecule has 4 rings (SSSR count). The second kappa shape index (κ2) is 6.53. The maximum atomic E-state index is 12.6. The fourth-order valence-electron chi connectivity index (χ4n) is 4.19. The maximum Gasteiger partial charge on any atom is 0.274 e. The number of fused-ring (bicyclic) bond motifs is 1. The summed E-state index contributed by atoms with van der Waals surface area (Å²) in [7, 11) is 0. The maximum absolute atomic E-state index is 12.6. The number of likely N-dealkylation sites (tertiary alicyclic amines) is 2. The average molecular weight is 316 g/mol. The van der Waals surface area contributed by atoms with E-state index in [-0.39, 0.29) is 12.0 Å². The SMILES string of the molecule is O=C(c1cnccn1)N1CC[C@@H]2CO[C@@H](CN3CCCC3)[C@@H]2C1. The van der Waals surface area contributed by atoms with E-state index in [1.165, 1.54) is 25.9 Å². The lowest BCUT2D eigenvalue weighted by Gasteiger charge is -2.36. The number of carbonyl (C=O) groups excluding carboxylic acids is 1. The minimum Gasteiger partial charge on any atom is -0.376 e. The summed E-state index contributed by atoms with van der Waals surface area (Å²) in [5.41, 5.74) is 0.445. The highest BCUT2D eigenvalue weighted by atomic mass is 16.5. The summed E-state index contributed by atoms with van der Waals surface area (Å²) < 4.78 is 6.09. The topological polar surface area (TPSA) is 58.6 Å². The van der Waals surface area contributed by atoms with E-state index < -0.39 is 0 Å². The predicted octanol–water partition coefficient (Wildman–Crippen LogP) is 1.05. The minimum atomic E-state index is 0.00312. The van der Waals surface area contributed by atoms with Crippen molar-refractivity contribution in [2.45, 2.75) is 25.4 Å². The van der Waals surface area contributed by atoms with Crippen LogP contribution >= 0.6 is 0 Å². The molecule has 0 bridgehead atoms. The molecule has 1 aromatic heterocycles. The summed E-state index contributed by atoms with van der Waals surface area (Å²) in [6.07, 6.45) is 8.65. The summed E-state index contributed by atoms with van der Waals surface area (Å²) in [5, 5.41) is 0. The van der Waals surface area contributed by atoms with Crippen molar-refractivity contribution in [1.29, 1.82) is 0 Å². The Bertz CT molecular complexity index is 547. The van der Waals surface area contributed by atoms with Gasteiger partial charge in [0.2, 0.25) is 0 Å². The number of amides is 1. The van der Waals surface area contributed by atoms with Crippen LogP contribution in [-0.2, 0) is 4.74 Å². The van der Waals surface area contributed by atoms with Gasteiger partial charge in [-0.25, -0.2) is 4.98 Å². The molecule has 3 aliphatic heterocycles. The van der Waals surface area contributed by atoms with Crippen LogP contribution in [-0.4, -0.2) is 71.1 Å². The van der Waals surface area contributed by atoms with Gasteiger partial charge in [0.25, 0.3) is 5.91 Å². The minimum absolute atomic E-state index is 0.00312. The summed E-state index contributed by atoms with van der Waals surface area (Å²) in [5.74, 6) is 1.07. The van der Waals surface area contributed by atoms with Crippen LogP contribution in [0, 0.1) is 11.8 Å². The molecule has 3 atom stereocenters. The van der Waals surface area contributed by atoms with Gasteiger partial charge in [0.05, 0.1) is 18.9 Å². The quantitative estimate of drug-likeness (QED) is 0.834. The molecular formula is C17H24N4O2. The highest BCUT2D eigenvalue weighted by Gasteiger charge is 2.42. The van der Waals surface area contributed by atoms with Gasteiger partial charge in [0.15, 0.2) is 0 Å². The van der Waals surface area contributed by atoms with Gasteiger partial charge in [-0.3, -0.25) is 9.78 Å². The molecule has 0 saturated carbocycles. The number of ether oxygens (including phenoxy) is 1. The molecule has 0 aliphatic carbocycles. The molecule has 1 amide bonds. The Morgan fingerprint density at radius 1 is 1.26 bits per heavy atom. The fourth-order valence-corrected chi connectivity index (χ4v) is 4.19. The first-order valence-electron chi connectivity index (χ1n) is 8.70. The molecule has 0 N–H and O–H groups in total. The van der Waals surface area contributed by atoms with Crippen molar-refractivity contribution < 1.29 is 9.53 Å². The van der Waals surface area contributed by atoms with Gasteiger partial charge in [0, 0.05) is 37.9 Å². The number of hydrogen-bond acceptors (Lipinski definition) is 5. The van der Waals surface area contributed by atoms with Gasteiger partial charge < -0.3 is 14.5 Å². The van der Waals surface area contributed by atoms with E-state index in [9.17, 15) is 4.79 Å². The zero-order chi connectivity index (χ0) is 15.6. The van der Waals surface area contributed by atoms with Crippen molar-refractivity contribution in [3.8, 4) is 0 Å². The van der Waals surface area contributed by atoms with Crippen LogP contribution in [0.15, 0.2) is 18.6 Å². The van der Waals surface area contributed by atoms with Gasteiger partial charge in [-0.1, -0.05) is 0 Å². The van der Waals surface area contributed by atoms with Crippen LogP contribution in [0.3, 0.4) is 0 Å². The number of rotatable bonds is 3. The molecule has 1 aromatic rings. The molecule has 0 unspecified atom stereocenters. The summed E-state index contributed by atoms with van der Waals surface area (Å²) in [4.78, 5) is 25.2. The smallest absolute Gasteiger partial charge is 0.274 e. The average Bonchev–Trinajstić information content (AvgIpc) is 3.25. The van der Waals surface area contributed by atoms with E-state index >= 15 is 0 Å². The Hall–Kier alpha value is -1.53. The Morgan fingerprint density at radius 2 is 2.13 bits per heavy atom. The van der Waals surface area contributed by atoms with Crippen molar-refractivity contribution in [1.82, 2.24) is 19.8 Å². The molecule has 0 spiro atoms. The molecule has 3 saturated heterocycles. The van der Waals surface area contributed by atoms with Crippen LogP contribution in [0.5, 0.6) is 0 Å². The van der Waals surface area contributed by atoms with Gasteiger partial charge in [-0.15, -0.1) is 0 Å². The second-order valence-electron chi connectivity index (χ2n) is 6.93. The zero-order valence-electron chi connectivity index (χ0n) is 13.4. The third kappa shape index (κ3) is 3.10. The van der Waals surface area contributed by atoms with Crippen LogP contribution in [0.1, 0.15) is 29.8 Å². The molecule has 6 nitrogen and oxygen atoms in total. The van der Waals surface area contributed by atoms with Crippen LogP contribution in [0.4, 0.5) is 0 Å². The van der Waals surface area contributed by atoms with E-state index in [4.69, 9.17) is 4.74 Å². The third-order valence-corrected chi connectivity index (χ3v) is 5.51. The first-order valence-corrected chi connectivity index (χ1v) is 8.70. The van der Waals surface area contributed by atoms with Crippen LogP contribution in [0.25, 0.3) is 0 Å². The largest absolute Gasteiger partial charge is 0.376 e. The molecule has 0 radical (unpaired) electrons. The van der Waals surface area contributed by atoms with Gasteiger partial charge in [-0.2, -0.15) is 0 Å². The van der Waals surface area contributed by atoms with Crippen molar-refractivity contribution in [3.05, 3.63) is 24.3 Å². The molecular weight excluding hydrogens is 292 g/mol. The normalized spacial score (nSPS) is 31.3. The Balaban J connectivity index is 1.42. The predicted molar refractivity (Wildman–Crippen MR) is 84.9 cm³/mol. The van der Waals surface area contributed by atoms with Crippen molar-refractivity contribution in [2.24, 2.45) is 11.8 Å². The zero-order valence-corrected chi connectivity index (χ0v) is 13.4. The molecule has 124 valence electrons. The van der Waals surface area contributed by atoms with Crippen molar-refractivity contribution in [2.75, 3.05) is 39.3 Å². The number of nitrogens with zero attached hydrogens (tertiary/aromatic N) is 4. The standard InChI is InChI=1S/C17H24N4O2/c22-17(15-9-18-4-5-19-15)21-8-3-13-12-23-16(14(13)10-21)11-20-6-1-2-7-20/h4-5,9,13-14,16H,1-3,6-8,10-12H2/t13-,14-,16+/m1/s1. The number of carbonyl (C=O) groups is 1. The molecule has 3 aliphatic rings. The first kappa shape index (κ1) is 15.0. The lowest BCUT2D eigenvalue weighted by atomic mass is 9.84. The molecule has 4 heterocycles. The van der Waals surface area contributed by atoms with Gasteiger partial charge >= 0.3 is 0 Å². The van der Waals surface area contributed by atoms with E-state index in [1.807, 2.05) is 4.90 Å². The molecule has 23 heavy (non-hydrogen) atoms. The number of hydrogen-bond donors (Lipinski definition) is 0. The highest BCUT2D eigenvalue weighted by molar-refractivity contribution is 5.92. The van der Waals surface area contributed by atoms with Crippen LogP contribution < -0.4 is 0 Å². The molecule has 0 aromatic carbocycles. The van der Waals surface area contributed by atoms with E-state index in [0.29, 0.717) is 17.5 Å². The molecule has 3 fully saturated rings. The van der Waals surface area contributed by atoms with Gasteiger partial charge in [-0.05, 0) is 38.3 Å². The van der Waals surface area contributed by atoms with Crippen LogP contribution in [0.2, 0.25) is 0 Å². The molecule has 6 heteroatoms. The number of aromatic nitrogens is 2. The Morgan fingerprint density at radius 3 is 2.91 bits per heavy atom. The van der Waals surface area contributed by atoms with Gasteiger partial charge in [0.1, 0.15) is 5.69 Å². The summed E-state index contributed by atoms with van der Waals surface area (Å²) in [6.45, 7) is 5.86. The summed E-state index contributed by atoms with van der Waals surface area (Å²) in [6, 6.07) is 0. The number of piperidine rings is 1. The van der Waals surface area contributed by atoms with Crippen molar-refractivity contribution >= 4 is 5.91 Å². The monoisotopic (exact) mass is 316 g/mol. The fraction of sp³-hybridized carbons (Fsp3) is 0.706. The summed E-state index contributed by atoms with van der Waals surface area (Å²) >= 11 is 0. The Labute approximate surface area is 136 Å². The lowest BCUT2D eigenvalue weighted by Crippen LogP contribution is -2.47. The van der Waals surface area contributed by atoms with E-state index in [1.54, 1.807) is 18.6 Å². The van der Waals surface area contributed by atoms with E-state index in [2.05, 4.69) is 14.9 Å². The lowest BCUT2D eigenvalue weighted by molar-refractivity contribution is 0.0433. The first-order chi connectivity index (χ1) is 11.3. The van der Waals surface area contributed by atoms with E-state index in [0.717, 1.165) is 32.7 Å². The highest BCUT2D eigenvalue weighted by Crippen LogP contribution is 2.35. The second-order valence-corrected chi connectivity index (χ2v) is 6.93.